The minimum atomic E-state index is -0.360. The molecular formula is C18H21ClFN. The van der Waals surface area contributed by atoms with Gasteiger partial charge in [-0.1, -0.05) is 67.9 Å². The van der Waals surface area contributed by atoms with Crippen molar-refractivity contribution in [3.05, 3.63) is 70.5 Å². The molecule has 0 aromatic heterocycles. The van der Waals surface area contributed by atoms with Crippen LogP contribution in [-0.4, -0.2) is 13.1 Å². The molecule has 0 saturated carbocycles. The summed E-state index contributed by atoms with van der Waals surface area (Å²) in [4.78, 5) is 0. The highest BCUT2D eigenvalue weighted by Gasteiger charge is 2.30. The van der Waals surface area contributed by atoms with Crippen LogP contribution in [0.25, 0.3) is 0 Å². The monoisotopic (exact) mass is 305 g/mol. The smallest absolute Gasteiger partial charge is 0.142 e. The third-order valence-electron chi connectivity index (χ3n) is 4.19. The molecule has 112 valence electrons. The van der Waals surface area contributed by atoms with Crippen molar-refractivity contribution >= 4 is 11.6 Å². The first kappa shape index (κ1) is 16.0. The van der Waals surface area contributed by atoms with Crippen LogP contribution in [0.2, 0.25) is 5.02 Å². The van der Waals surface area contributed by atoms with E-state index in [1.165, 1.54) is 11.6 Å². The second kappa shape index (κ2) is 6.59. The quantitative estimate of drug-likeness (QED) is 0.852. The Hall–Kier alpha value is -1.38. The zero-order valence-electron chi connectivity index (χ0n) is 12.7. The van der Waals surface area contributed by atoms with Crippen LogP contribution in [0.1, 0.15) is 25.0 Å². The molecule has 3 heteroatoms. The SMILES string of the molecule is CNC(Cc1cccc(F)c1Cl)C(C)(C)c1ccccc1. The van der Waals surface area contributed by atoms with Gasteiger partial charge in [-0.3, -0.25) is 0 Å². The highest BCUT2D eigenvalue weighted by Crippen LogP contribution is 2.31. The number of nitrogens with one attached hydrogen (secondary N) is 1. The molecule has 0 radical (unpaired) electrons. The van der Waals surface area contributed by atoms with Crippen LogP contribution >= 0.6 is 11.6 Å². The van der Waals surface area contributed by atoms with Gasteiger partial charge in [0.2, 0.25) is 0 Å². The molecule has 0 spiro atoms. The molecule has 2 aromatic carbocycles. The van der Waals surface area contributed by atoms with E-state index in [0.29, 0.717) is 6.42 Å². The van der Waals surface area contributed by atoms with Crippen molar-refractivity contribution in [2.45, 2.75) is 31.7 Å². The summed E-state index contributed by atoms with van der Waals surface area (Å²) in [7, 11) is 1.93. The molecule has 0 aliphatic carbocycles. The highest BCUT2D eigenvalue weighted by atomic mass is 35.5. The summed E-state index contributed by atoms with van der Waals surface area (Å²) in [6.45, 7) is 4.38. The third kappa shape index (κ3) is 3.45. The van der Waals surface area contributed by atoms with Crippen LogP contribution in [0.15, 0.2) is 48.5 Å². The molecule has 0 fully saturated rings. The fraction of sp³-hybridized carbons (Fsp3) is 0.333. The van der Waals surface area contributed by atoms with Gasteiger partial charge in [0.15, 0.2) is 0 Å². The average molecular weight is 306 g/mol. The van der Waals surface area contributed by atoms with Gasteiger partial charge in [-0.15, -0.1) is 0 Å². The van der Waals surface area contributed by atoms with E-state index >= 15 is 0 Å². The first-order chi connectivity index (χ1) is 9.96. The second-order valence-corrected chi connectivity index (χ2v) is 6.22. The number of hydrogen-bond acceptors (Lipinski definition) is 1. The molecule has 0 saturated heterocycles. The van der Waals surface area contributed by atoms with Crippen LogP contribution < -0.4 is 5.32 Å². The molecule has 1 unspecified atom stereocenters. The lowest BCUT2D eigenvalue weighted by atomic mass is 9.75. The van der Waals surface area contributed by atoms with E-state index in [2.05, 4.69) is 31.3 Å². The van der Waals surface area contributed by atoms with Gasteiger partial charge in [-0.2, -0.15) is 0 Å². The van der Waals surface area contributed by atoms with Gasteiger partial charge in [0.05, 0.1) is 5.02 Å². The van der Waals surface area contributed by atoms with Crippen LogP contribution in [0.3, 0.4) is 0 Å². The van der Waals surface area contributed by atoms with Crippen molar-refractivity contribution in [2.75, 3.05) is 7.05 Å². The maximum absolute atomic E-state index is 13.6. The maximum atomic E-state index is 13.6. The van der Waals surface area contributed by atoms with Gasteiger partial charge in [0.1, 0.15) is 5.82 Å². The summed E-state index contributed by atoms with van der Waals surface area (Å²) in [5, 5.41) is 3.58. The van der Waals surface area contributed by atoms with Crippen molar-refractivity contribution < 1.29 is 4.39 Å². The topological polar surface area (TPSA) is 12.0 Å². The summed E-state index contributed by atoms with van der Waals surface area (Å²) in [5.74, 6) is -0.360. The van der Waals surface area contributed by atoms with E-state index in [1.807, 2.05) is 31.3 Å². The Kier molecular flexibility index (Phi) is 5.02. The maximum Gasteiger partial charge on any atom is 0.142 e. The first-order valence-corrected chi connectivity index (χ1v) is 7.50. The van der Waals surface area contributed by atoms with E-state index in [0.717, 1.165) is 5.56 Å². The second-order valence-electron chi connectivity index (χ2n) is 5.85. The van der Waals surface area contributed by atoms with Crippen molar-refractivity contribution in [1.29, 1.82) is 0 Å². The van der Waals surface area contributed by atoms with E-state index in [9.17, 15) is 4.39 Å². The van der Waals surface area contributed by atoms with Crippen LogP contribution in [0.5, 0.6) is 0 Å². The summed E-state index contributed by atoms with van der Waals surface area (Å²) in [5.41, 5.74) is 1.99. The molecule has 0 aliphatic rings. The molecule has 0 heterocycles. The Labute approximate surface area is 131 Å². The van der Waals surface area contributed by atoms with Gasteiger partial charge in [-0.25, -0.2) is 4.39 Å². The molecule has 1 nitrogen and oxygen atoms in total. The molecular weight excluding hydrogens is 285 g/mol. The molecule has 1 atom stereocenters. The molecule has 0 aliphatic heterocycles. The number of halogens is 2. The first-order valence-electron chi connectivity index (χ1n) is 7.12. The minimum Gasteiger partial charge on any atom is -0.316 e. The zero-order chi connectivity index (χ0) is 15.5. The van der Waals surface area contributed by atoms with Crippen LogP contribution in [-0.2, 0) is 11.8 Å². The Bertz CT molecular complexity index is 595. The number of benzene rings is 2. The fourth-order valence-electron chi connectivity index (χ4n) is 2.71. The Morgan fingerprint density at radius 3 is 2.38 bits per heavy atom. The molecule has 2 aromatic rings. The average Bonchev–Trinajstić information content (AvgIpc) is 2.49. The van der Waals surface area contributed by atoms with E-state index in [1.54, 1.807) is 6.07 Å². The van der Waals surface area contributed by atoms with Gasteiger partial charge in [0, 0.05) is 11.5 Å². The van der Waals surface area contributed by atoms with Crippen molar-refractivity contribution in [3.8, 4) is 0 Å². The minimum absolute atomic E-state index is 0.0916. The summed E-state index contributed by atoms with van der Waals surface area (Å²) < 4.78 is 13.6. The Morgan fingerprint density at radius 1 is 1.10 bits per heavy atom. The largest absolute Gasteiger partial charge is 0.316 e. The predicted octanol–water partition coefficient (Wildman–Crippen LogP) is 4.59. The number of likely N-dealkylation sites (N-methyl/N-ethyl adjacent to an activating group) is 1. The molecule has 21 heavy (non-hydrogen) atoms. The summed E-state index contributed by atoms with van der Waals surface area (Å²) >= 11 is 6.09. The predicted molar refractivity (Wildman–Crippen MR) is 87.4 cm³/mol. The van der Waals surface area contributed by atoms with Crippen molar-refractivity contribution in [2.24, 2.45) is 0 Å². The highest BCUT2D eigenvalue weighted by molar-refractivity contribution is 6.31. The lowest BCUT2D eigenvalue weighted by Crippen LogP contribution is -2.44. The van der Waals surface area contributed by atoms with Crippen LogP contribution in [0, 0.1) is 5.82 Å². The molecule has 0 bridgehead atoms. The summed E-state index contributed by atoms with van der Waals surface area (Å²) in [6.07, 6.45) is 0.676. The van der Waals surface area contributed by atoms with Gasteiger partial charge in [-0.05, 0) is 30.7 Å². The third-order valence-corrected chi connectivity index (χ3v) is 4.62. The number of hydrogen-bond donors (Lipinski definition) is 1. The fourth-order valence-corrected chi connectivity index (χ4v) is 2.92. The van der Waals surface area contributed by atoms with E-state index in [-0.39, 0.29) is 22.3 Å². The Balaban J connectivity index is 2.29. The summed E-state index contributed by atoms with van der Waals surface area (Å²) in [6, 6.07) is 15.5. The van der Waals surface area contributed by atoms with Gasteiger partial charge >= 0.3 is 0 Å². The van der Waals surface area contributed by atoms with Gasteiger partial charge < -0.3 is 5.32 Å². The van der Waals surface area contributed by atoms with E-state index in [4.69, 9.17) is 11.6 Å². The normalized spacial score (nSPS) is 13.2. The van der Waals surface area contributed by atoms with Crippen molar-refractivity contribution in [1.82, 2.24) is 5.32 Å². The lowest BCUT2D eigenvalue weighted by Gasteiger charge is -2.35. The molecule has 2 rings (SSSR count). The van der Waals surface area contributed by atoms with Gasteiger partial charge in [0.25, 0.3) is 0 Å². The zero-order valence-corrected chi connectivity index (χ0v) is 13.4. The molecule has 1 N–H and O–H groups in total. The molecule has 0 amide bonds. The standard InChI is InChI=1S/C18H21ClFN/c1-18(2,14-9-5-4-6-10-14)16(21-3)12-13-8-7-11-15(20)17(13)19/h4-11,16,21H,12H2,1-3H3. The van der Waals surface area contributed by atoms with E-state index < -0.39 is 0 Å². The van der Waals surface area contributed by atoms with Crippen molar-refractivity contribution in [3.63, 3.8) is 0 Å². The lowest BCUT2D eigenvalue weighted by molar-refractivity contribution is 0.356. The number of rotatable bonds is 5. The van der Waals surface area contributed by atoms with Crippen LogP contribution in [0.4, 0.5) is 4.39 Å². The Morgan fingerprint density at radius 2 is 1.76 bits per heavy atom.